The first kappa shape index (κ1) is 12.2. The van der Waals surface area contributed by atoms with Gasteiger partial charge in [-0.3, -0.25) is 10.2 Å². The summed E-state index contributed by atoms with van der Waals surface area (Å²) in [5, 5.41) is 8.91. The van der Waals surface area contributed by atoms with Gasteiger partial charge in [-0.1, -0.05) is 11.8 Å². The van der Waals surface area contributed by atoms with E-state index in [1.807, 2.05) is 6.26 Å². The molecule has 0 aromatic heterocycles. The van der Waals surface area contributed by atoms with Crippen molar-refractivity contribution in [2.75, 3.05) is 20.4 Å². The van der Waals surface area contributed by atoms with Crippen LogP contribution in [0.3, 0.4) is 0 Å². The van der Waals surface area contributed by atoms with Crippen molar-refractivity contribution in [1.29, 1.82) is 5.41 Å². The van der Waals surface area contributed by atoms with Crippen LogP contribution in [-0.4, -0.2) is 30.6 Å². The molecule has 0 amide bonds. The maximum atomic E-state index is 7.11. The minimum atomic E-state index is 0. The number of rotatable bonds is 1. The Balaban J connectivity index is 0. The summed E-state index contributed by atoms with van der Waals surface area (Å²) >= 11 is 1.34. The van der Waals surface area contributed by atoms with Crippen LogP contribution >= 0.6 is 35.7 Å². The molecule has 5 heteroatoms. The smallest absolute Gasteiger partial charge is 0.179 e. The van der Waals surface area contributed by atoms with Gasteiger partial charge >= 0.3 is 0 Å². The molecule has 0 saturated carbocycles. The van der Waals surface area contributed by atoms with Crippen molar-refractivity contribution < 1.29 is 4.84 Å². The summed E-state index contributed by atoms with van der Waals surface area (Å²) in [5.41, 5.74) is 0. The highest BCUT2D eigenvalue weighted by molar-refractivity contribution is 14.0. The van der Waals surface area contributed by atoms with Gasteiger partial charge in [0, 0.05) is 7.05 Å². The highest BCUT2D eigenvalue weighted by Crippen LogP contribution is 1.98. The van der Waals surface area contributed by atoms with Crippen molar-refractivity contribution in [3.8, 4) is 0 Å². The summed E-state index contributed by atoms with van der Waals surface area (Å²) in [4.78, 5) is 4.69. The quantitative estimate of drug-likeness (QED) is 0.336. The average molecular weight is 262 g/mol. The summed E-state index contributed by atoms with van der Waals surface area (Å²) in [7, 11) is 3.23. The van der Waals surface area contributed by atoms with Gasteiger partial charge in [0.1, 0.15) is 0 Å². The minimum absolute atomic E-state index is 0. The van der Waals surface area contributed by atoms with Crippen molar-refractivity contribution >= 4 is 40.9 Å². The topological polar surface area (TPSA) is 36.3 Å². The molecule has 0 unspecified atom stereocenters. The van der Waals surface area contributed by atoms with Crippen LogP contribution in [0.15, 0.2) is 0 Å². The summed E-state index contributed by atoms with van der Waals surface area (Å²) in [6.07, 6.45) is 1.83. The second kappa shape index (κ2) is 6.63. The van der Waals surface area contributed by atoms with E-state index in [2.05, 4.69) is 0 Å². The van der Waals surface area contributed by atoms with Crippen molar-refractivity contribution in [2.45, 2.75) is 0 Å². The van der Waals surface area contributed by atoms with Crippen LogP contribution in [0.1, 0.15) is 0 Å². The number of nitrogens with zero attached hydrogens (tertiary/aromatic N) is 1. The Morgan fingerprint density at radius 1 is 1.67 bits per heavy atom. The van der Waals surface area contributed by atoms with E-state index in [-0.39, 0.29) is 24.0 Å². The van der Waals surface area contributed by atoms with Crippen LogP contribution in [-0.2, 0) is 4.84 Å². The molecule has 3 nitrogen and oxygen atoms in total. The predicted molar refractivity (Wildman–Crippen MR) is 51.4 cm³/mol. The van der Waals surface area contributed by atoms with Crippen molar-refractivity contribution in [3.05, 3.63) is 0 Å². The van der Waals surface area contributed by atoms with Gasteiger partial charge in [-0.05, 0) is 6.26 Å². The maximum Gasteiger partial charge on any atom is 0.179 e. The molecule has 56 valence electrons. The highest BCUT2D eigenvalue weighted by atomic mass is 127. The Bertz CT molecular complexity index is 90.6. The van der Waals surface area contributed by atoms with Crippen molar-refractivity contribution in [3.63, 3.8) is 0 Å². The lowest BCUT2D eigenvalue weighted by Gasteiger charge is -2.13. The van der Waals surface area contributed by atoms with Gasteiger partial charge < -0.3 is 0 Å². The number of halogens is 1. The van der Waals surface area contributed by atoms with Gasteiger partial charge in [0.05, 0.1) is 7.11 Å². The van der Waals surface area contributed by atoms with E-state index in [1.54, 1.807) is 7.05 Å². The lowest BCUT2D eigenvalue weighted by atomic mass is 11.1. The number of hydrogen-bond acceptors (Lipinski definition) is 3. The van der Waals surface area contributed by atoms with E-state index < -0.39 is 0 Å². The first-order valence-corrected chi connectivity index (χ1v) is 3.35. The highest BCUT2D eigenvalue weighted by Gasteiger charge is 1.97. The van der Waals surface area contributed by atoms with Gasteiger partial charge in [0.25, 0.3) is 0 Å². The third-order valence-electron chi connectivity index (χ3n) is 0.753. The van der Waals surface area contributed by atoms with Crippen LogP contribution in [0.2, 0.25) is 0 Å². The lowest BCUT2D eigenvalue weighted by Crippen LogP contribution is -2.21. The number of hydrogen-bond donors (Lipinski definition) is 1. The number of thioether (sulfide) groups is 1. The SMILES string of the molecule is CON(C)C(=N)SC.I. The Morgan fingerprint density at radius 3 is 2.22 bits per heavy atom. The Kier molecular flexibility index (Phi) is 8.99. The van der Waals surface area contributed by atoms with E-state index in [0.717, 1.165) is 0 Å². The molecular weight excluding hydrogens is 251 g/mol. The van der Waals surface area contributed by atoms with Crippen LogP contribution in [0.25, 0.3) is 0 Å². The van der Waals surface area contributed by atoms with Gasteiger partial charge in [-0.2, -0.15) is 0 Å². The van der Waals surface area contributed by atoms with E-state index in [4.69, 9.17) is 10.2 Å². The molecule has 0 rings (SSSR count). The molecular formula is C4H11IN2OS. The molecule has 0 spiro atoms. The third kappa shape index (κ3) is 4.98. The van der Waals surface area contributed by atoms with Gasteiger partial charge in [0.15, 0.2) is 5.17 Å². The Hall–Kier alpha value is 0.510. The van der Waals surface area contributed by atoms with Gasteiger partial charge in [-0.25, -0.2) is 5.06 Å². The fraction of sp³-hybridized carbons (Fsp3) is 0.750. The summed E-state index contributed by atoms with van der Waals surface area (Å²) in [6.45, 7) is 0. The van der Waals surface area contributed by atoms with Crippen LogP contribution in [0.4, 0.5) is 0 Å². The standard InChI is InChI=1S/C4H10N2OS.HI/c1-6(7-2)4(5)8-3;/h5H,1-3H3;1H. The maximum absolute atomic E-state index is 7.11. The van der Waals surface area contributed by atoms with Crippen LogP contribution in [0, 0.1) is 5.41 Å². The molecule has 0 bridgehead atoms. The molecule has 0 atom stereocenters. The molecule has 0 radical (unpaired) electrons. The lowest BCUT2D eigenvalue weighted by molar-refractivity contribution is -0.0390. The molecule has 9 heavy (non-hydrogen) atoms. The Morgan fingerprint density at radius 2 is 2.11 bits per heavy atom. The largest absolute Gasteiger partial charge is 0.277 e. The summed E-state index contributed by atoms with van der Waals surface area (Å²) in [5.74, 6) is 0. The van der Waals surface area contributed by atoms with E-state index >= 15 is 0 Å². The molecule has 0 aromatic carbocycles. The molecule has 0 aliphatic rings. The molecule has 0 saturated heterocycles. The zero-order valence-corrected chi connectivity index (χ0v) is 8.82. The second-order valence-corrected chi connectivity index (χ2v) is 1.98. The Labute approximate surface area is 76.6 Å². The molecule has 0 aliphatic carbocycles. The van der Waals surface area contributed by atoms with Crippen LogP contribution < -0.4 is 0 Å². The normalized spacial score (nSPS) is 7.89. The molecule has 0 aromatic rings. The monoisotopic (exact) mass is 262 g/mol. The average Bonchev–Trinajstić information content (AvgIpc) is 1.84. The molecule has 1 N–H and O–H groups in total. The van der Waals surface area contributed by atoms with Crippen molar-refractivity contribution in [2.24, 2.45) is 0 Å². The third-order valence-corrected chi connectivity index (χ3v) is 1.40. The van der Waals surface area contributed by atoms with Crippen LogP contribution in [0.5, 0.6) is 0 Å². The fourth-order valence-electron chi connectivity index (χ4n) is 0.211. The number of hydroxylamine groups is 2. The first-order chi connectivity index (χ1) is 3.72. The first-order valence-electron chi connectivity index (χ1n) is 2.12. The summed E-state index contributed by atoms with van der Waals surface area (Å²) in [6, 6.07) is 0. The zero-order valence-electron chi connectivity index (χ0n) is 5.67. The van der Waals surface area contributed by atoms with Crippen molar-refractivity contribution in [1.82, 2.24) is 5.06 Å². The molecule has 0 heterocycles. The van der Waals surface area contributed by atoms with E-state index in [0.29, 0.717) is 5.17 Å². The number of amidine groups is 1. The molecule has 0 fully saturated rings. The van der Waals surface area contributed by atoms with E-state index in [9.17, 15) is 0 Å². The zero-order chi connectivity index (χ0) is 6.57. The number of nitrogens with one attached hydrogen (secondary N) is 1. The fourth-order valence-corrected chi connectivity index (χ4v) is 0.543. The predicted octanol–water partition coefficient (Wildman–Crippen LogP) is 1.40. The van der Waals surface area contributed by atoms with E-state index in [1.165, 1.54) is 23.9 Å². The molecule has 0 aliphatic heterocycles. The minimum Gasteiger partial charge on any atom is -0.277 e. The van der Waals surface area contributed by atoms with Gasteiger partial charge in [-0.15, -0.1) is 24.0 Å². The van der Waals surface area contributed by atoms with Gasteiger partial charge in [0.2, 0.25) is 0 Å². The summed E-state index contributed by atoms with van der Waals surface area (Å²) < 4.78 is 0. The second-order valence-electron chi connectivity index (χ2n) is 1.19.